The Morgan fingerprint density at radius 3 is 2.70 bits per heavy atom. The van der Waals surface area contributed by atoms with Crippen molar-refractivity contribution >= 4 is 17.5 Å². The van der Waals surface area contributed by atoms with E-state index in [1.807, 2.05) is 6.92 Å². The highest BCUT2D eigenvalue weighted by atomic mass is 16.2. The molecule has 20 heavy (non-hydrogen) atoms. The minimum absolute atomic E-state index is 0.00772. The Kier molecular flexibility index (Phi) is 4.57. The molecule has 0 spiro atoms. The van der Waals surface area contributed by atoms with E-state index >= 15 is 0 Å². The fourth-order valence-electron chi connectivity index (χ4n) is 1.89. The first-order valence-corrected chi connectivity index (χ1v) is 6.75. The number of benzene rings is 1. The number of hydrazine groups is 1. The lowest BCUT2D eigenvalue weighted by Crippen LogP contribution is -2.31. The van der Waals surface area contributed by atoms with Crippen molar-refractivity contribution in [3.05, 3.63) is 29.3 Å². The molecule has 0 atom stereocenters. The zero-order valence-corrected chi connectivity index (χ0v) is 11.5. The molecular weight excluding hydrogens is 256 g/mol. The van der Waals surface area contributed by atoms with Crippen LogP contribution in [-0.2, 0) is 4.79 Å². The van der Waals surface area contributed by atoms with E-state index in [1.54, 1.807) is 18.2 Å². The van der Waals surface area contributed by atoms with Crippen LogP contribution in [0.2, 0.25) is 0 Å². The summed E-state index contributed by atoms with van der Waals surface area (Å²) in [4.78, 5) is 23.4. The maximum atomic E-state index is 11.9. The average molecular weight is 276 g/mol. The van der Waals surface area contributed by atoms with E-state index in [4.69, 9.17) is 5.84 Å². The highest BCUT2D eigenvalue weighted by molar-refractivity contribution is 5.95. The monoisotopic (exact) mass is 276 g/mol. The van der Waals surface area contributed by atoms with Gasteiger partial charge in [0.15, 0.2) is 0 Å². The molecule has 0 saturated heterocycles. The zero-order chi connectivity index (χ0) is 14.5. The van der Waals surface area contributed by atoms with Gasteiger partial charge in [0.1, 0.15) is 0 Å². The highest BCUT2D eigenvalue weighted by Gasteiger charge is 2.22. The Morgan fingerprint density at radius 2 is 2.10 bits per heavy atom. The number of rotatable bonds is 6. The van der Waals surface area contributed by atoms with Gasteiger partial charge in [0, 0.05) is 24.6 Å². The fourth-order valence-corrected chi connectivity index (χ4v) is 1.89. The van der Waals surface area contributed by atoms with Crippen molar-refractivity contribution in [3.8, 4) is 0 Å². The van der Waals surface area contributed by atoms with Gasteiger partial charge < -0.3 is 16.1 Å². The molecule has 6 nitrogen and oxygen atoms in total. The largest absolute Gasteiger partial charge is 0.353 e. The summed E-state index contributed by atoms with van der Waals surface area (Å²) >= 11 is 0. The minimum atomic E-state index is -0.184. The van der Waals surface area contributed by atoms with Crippen LogP contribution in [0.1, 0.15) is 35.2 Å². The minimum Gasteiger partial charge on any atom is -0.353 e. The van der Waals surface area contributed by atoms with Crippen molar-refractivity contribution in [3.63, 3.8) is 0 Å². The molecule has 0 aromatic heterocycles. The molecule has 0 aliphatic heterocycles. The van der Waals surface area contributed by atoms with Gasteiger partial charge in [-0.25, -0.2) is 0 Å². The third-order valence-corrected chi connectivity index (χ3v) is 3.22. The van der Waals surface area contributed by atoms with E-state index in [0.29, 0.717) is 24.6 Å². The number of amides is 2. The number of nitrogen functional groups attached to an aromatic ring is 1. The number of nitrogens with two attached hydrogens (primary N) is 1. The molecule has 0 radical (unpaired) electrons. The van der Waals surface area contributed by atoms with Gasteiger partial charge in [-0.05, 0) is 43.5 Å². The third kappa shape index (κ3) is 3.96. The van der Waals surface area contributed by atoms with Crippen LogP contribution in [0.5, 0.6) is 0 Å². The van der Waals surface area contributed by atoms with Gasteiger partial charge in [-0.15, -0.1) is 0 Å². The Balaban J connectivity index is 1.78. The second kappa shape index (κ2) is 6.38. The van der Waals surface area contributed by atoms with Crippen molar-refractivity contribution in [1.82, 2.24) is 10.6 Å². The maximum Gasteiger partial charge on any atom is 0.251 e. The summed E-state index contributed by atoms with van der Waals surface area (Å²) in [5.41, 5.74) is 4.80. The molecule has 2 rings (SSSR count). The van der Waals surface area contributed by atoms with E-state index in [0.717, 1.165) is 24.1 Å². The summed E-state index contributed by atoms with van der Waals surface area (Å²) in [6.07, 6.45) is 2.45. The Labute approximate surface area is 118 Å². The molecule has 1 aliphatic carbocycles. The van der Waals surface area contributed by atoms with Crippen LogP contribution >= 0.6 is 0 Å². The van der Waals surface area contributed by atoms with Crippen LogP contribution in [0, 0.1) is 6.92 Å². The predicted molar refractivity (Wildman–Crippen MR) is 77.1 cm³/mol. The zero-order valence-electron chi connectivity index (χ0n) is 11.5. The standard InChI is InChI=1S/C14H20N4O2/c1-9-8-10(2-5-12(9)18-15)14(20)16-7-6-13(19)17-11-3-4-11/h2,5,8,11,18H,3-4,6-7,15H2,1H3,(H,16,20)(H,17,19). The second-order valence-electron chi connectivity index (χ2n) is 5.02. The first kappa shape index (κ1) is 14.3. The molecule has 0 unspecified atom stereocenters. The molecule has 0 bridgehead atoms. The van der Waals surface area contributed by atoms with E-state index in [1.165, 1.54) is 0 Å². The summed E-state index contributed by atoms with van der Waals surface area (Å²) < 4.78 is 0. The molecule has 1 saturated carbocycles. The number of anilines is 1. The number of carbonyl (C=O) groups excluding carboxylic acids is 2. The smallest absolute Gasteiger partial charge is 0.251 e. The molecule has 6 heteroatoms. The lowest BCUT2D eigenvalue weighted by atomic mass is 10.1. The number of carbonyl (C=O) groups is 2. The molecule has 1 aromatic carbocycles. The van der Waals surface area contributed by atoms with E-state index in [2.05, 4.69) is 16.1 Å². The molecule has 1 aromatic rings. The van der Waals surface area contributed by atoms with Gasteiger partial charge in [-0.1, -0.05) is 0 Å². The van der Waals surface area contributed by atoms with Gasteiger partial charge >= 0.3 is 0 Å². The molecule has 1 fully saturated rings. The lowest BCUT2D eigenvalue weighted by Gasteiger charge is -2.09. The summed E-state index contributed by atoms with van der Waals surface area (Å²) in [6.45, 7) is 2.21. The quantitative estimate of drug-likeness (QED) is 0.454. The van der Waals surface area contributed by atoms with Crippen LogP contribution in [0.4, 0.5) is 5.69 Å². The second-order valence-corrected chi connectivity index (χ2v) is 5.02. The molecular formula is C14H20N4O2. The van der Waals surface area contributed by atoms with Crippen LogP contribution in [-0.4, -0.2) is 24.4 Å². The van der Waals surface area contributed by atoms with Crippen molar-refractivity contribution in [2.24, 2.45) is 5.84 Å². The van der Waals surface area contributed by atoms with Crippen molar-refractivity contribution < 1.29 is 9.59 Å². The lowest BCUT2D eigenvalue weighted by molar-refractivity contribution is -0.121. The Hall–Kier alpha value is -2.08. The van der Waals surface area contributed by atoms with E-state index in [-0.39, 0.29) is 11.8 Å². The Morgan fingerprint density at radius 1 is 1.35 bits per heavy atom. The maximum absolute atomic E-state index is 11.9. The first-order chi connectivity index (χ1) is 9.60. The van der Waals surface area contributed by atoms with Crippen LogP contribution in [0.3, 0.4) is 0 Å². The van der Waals surface area contributed by atoms with Crippen molar-refractivity contribution in [2.75, 3.05) is 12.0 Å². The summed E-state index contributed by atoms with van der Waals surface area (Å²) in [6, 6.07) is 5.57. The van der Waals surface area contributed by atoms with Crippen LogP contribution < -0.4 is 21.9 Å². The van der Waals surface area contributed by atoms with Gasteiger partial charge in [0.25, 0.3) is 5.91 Å². The topological polar surface area (TPSA) is 96.2 Å². The average Bonchev–Trinajstić information content (AvgIpc) is 3.22. The first-order valence-electron chi connectivity index (χ1n) is 6.75. The molecule has 108 valence electrons. The molecule has 5 N–H and O–H groups in total. The summed E-state index contributed by atoms with van der Waals surface area (Å²) in [5.74, 6) is 5.15. The fraction of sp³-hybridized carbons (Fsp3) is 0.429. The van der Waals surface area contributed by atoms with E-state index in [9.17, 15) is 9.59 Å². The molecule has 2 amide bonds. The third-order valence-electron chi connectivity index (χ3n) is 3.22. The van der Waals surface area contributed by atoms with Crippen LogP contribution in [0.25, 0.3) is 0 Å². The van der Waals surface area contributed by atoms with Gasteiger partial charge in [-0.3, -0.25) is 15.4 Å². The predicted octanol–water partition coefficient (Wildman–Crippen LogP) is 0.679. The summed E-state index contributed by atoms with van der Waals surface area (Å²) in [7, 11) is 0. The molecule has 1 aliphatic rings. The van der Waals surface area contributed by atoms with Gasteiger partial charge in [0.2, 0.25) is 5.91 Å². The van der Waals surface area contributed by atoms with E-state index < -0.39 is 0 Å². The van der Waals surface area contributed by atoms with Crippen molar-refractivity contribution in [2.45, 2.75) is 32.2 Å². The SMILES string of the molecule is Cc1cc(C(=O)NCCC(=O)NC2CC2)ccc1NN. The normalized spacial score (nSPS) is 13.7. The number of hydrogen-bond acceptors (Lipinski definition) is 4. The van der Waals surface area contributed by atoms with Gasteiger partial charge in [0.05, 0.1) is 5.69 Å². The van der Waals surface area contributed by atoms with Crippen molar-refractivity contribution in [1.29, 1.82) is 0 Å². The number of nitrogens with one attached hydrogen (secondary N) is 3. The summed E-state index contributed by atoms with van der Waals surface area (Å²) in [5, 5.41) is 5.62. The number of aryl methyl sites for hydroxylation is 1. The number of hydrogen-bond donors (Lipinski definition) is 4. The Bertz CT molecular complexity index is 512. The highest BCUT2D eigenvalue weighted by Crippen LogP contribution is 2.18. The molecule has 0 heterocycles. The van der Waals surface area contributed by atoms with Gasteiger partial charge in [-0.2, -0.15) is 0 Å². The van der Waals surface area contributed by atoms with Crippen LogP contribution in [0.15, 0.2) is 18.2 Å².